The Bertz CT molecular complexity index is 998. The third-order valence-corrected chi connectivity index (χ3v) is 7.01. The number of hydrogen-bond donors (Lipinski definition) is 1. The molecule has 0 aliphatic carbocycles. The van der Waals surface area contributed by atoms with Crippen molar-refractivity contribution in [1.82, 2.24) is 10.2 Å². The maximum atomic E-state index is 12.9. The fraction of sp³-hybridized carbons (Fsp3) is 0.450. The van der Waals surface area contributed by atoms with Crippen molar-refractivity contribution in [2.45, 2.75) is 32.4 Å². The zero-order valence-corrected chi connectivity index (χ0v) is 17.8. The van der Waals surface area contributed by atoms with Crippen molar-refractivity contribution < 1.29 is 32.3 Å². The number of carbonyl (C=O) groups excluding carboxylic acids is 3. The van der Waals surface area contributed by atoms with Gasteiger partial charge in [0, 0.05) is 5.70 Å². The standard InChI is InChI=1S/C20H24N2O7S/c1-4-29-19(24)16-12(2)22(15-9-10-30(26,27)11-15)20(25)21-17(16)13-5-7-14(8-6-13)18(23)28-3/h5-8,15,17H,4,9-11H2,1-3H3,(H,21,25)/t15-,17+/m1/s1. The topological polar surface area (TPSA) is 119 Å². The van der Waals surface area contributed by atoms with Crippen molar-refractivity contribution in [3.05, 3.63) is 46.7 Å². The Labute approximate surface area is 174 Å². The van der Waals surface area contributed by atoms with Gasteiger partial charge in [0.05, 0.1) is 48.4 Å². The highest BCUT2D eigenvalue weighted by Crippen LogP contribution is 2.34. The summed E-state index contributed by atoms with van der Waals surface area (Å²) in [5.41, 5.74) is 1.50. The first-order valence-corrected chi connectivity index (χ1v) is 11.4. The molecule has 2 atom stereocenters. The number of carbonyl (C=O) groups is 3. The summed E-state index contributed by atoms with van der Waals surface area (Å²) in [6.45, 7) is 3.44. The van der Waals surface area contributed by atoms with E-state index in [0.717, 1.165) is 0 Å². The summed E-state index contributed by atoms with van der Waals surface area (Å²) in [4.78, 5) is 38.7. The normalized spacial score (nSPS) is 23.2. The summed E-state index contributed by atoms with van der Waals surface area (Å²) in [6, 6.07) is 4.52. The van der Waals surface area contributed by atoms with Crippen molar-refractivity contribution in [2.75, 3.05) is 25.2 Å². The lowest BCUT2D eigenvalue weighted by Crippen LogP contribution is -2.52. The number of urea groups is 1. The smallest absolute Gasteiger partial charge is 0.338 e. The number of hydrogen-bond acceptors (Lipinski definition) is 7. The average Bonchev–Trinajstić information content (AvgIpc) is 3.06. The third kappa shape index (κ3) is 4.18. The van der Waals surface area contributed by atoms with E-state index in [-0.39, 0.29) is 23.7 Å². The SMILES string of the molecule is CCOC(=O)C1=C(C)N([C@@H]2CCS(=O)(=O)C2)C(=O)N[C@H]1c1ccc(C(=O)OC)cc1. The zero-order chi connectivity index (χ0) is 22.1. The molecule has 1 aromatic rings. The van der Waals surface area contributed by atoms with Crippen LogP contribution in [0.1, 0.15) is 42.2 Å². The Kier molecular flexibility index (Phi) is 6.16. The summed E-state index contributed by atoms with van der Waals surface area (Å²) in [7, 11) is -1.95. The first-order valence-electron chi connectivity index (χ1n) is 9.54. The fourth-order valence-electron chi connectivity index (χ4n) is 3.83. The van der Waals surface area contributed by atoms with Gasteiger partial charge in [-0.1, -0.05) is 12.1 Å². The van der Waals surface area contributed by atoms with Gasteiger partial charge in [0.1, 0.15) is 0 Å². The molecular weight excluding hydrogens is 412 g/mol. The molecule has 162 valence electrons. The lowest BCUT2D eigenvalue weighted by atomic mass is 9.93. The van der Waals surface area contributed by atoms with Crippen LogP contribution in [0.2, 0.25) is 0 Å². The molecule has 1 N–H and O–H groups in total. The Morgan fingerprint density at radius 1 is 1.20 bits per heavy atom. The van der Waals surface area contributed by atoms with Gasteiger partial charge in [0.15, 0.2) is 9.84 Å². The lowest BCUT2D eigenvalue weighted by molar-refractivity contribution is -0.139. The first kappa shape index (κ1) is 21.8. The maximum absolute atomic E-state index is 12.9. The minimum atomic E-state index is -3.22. The second-order valence-electron chi connectivity index (χ2n) is 7.14. The van der Waals surface area contributed by atoms with Crippen LogP contribution in [-0.4, -0.2) is 62.6 Å². The van der Waals surface area contributed by atoms with Gasteiger partial charge in [-0.05, 0) is 38.0 Å². The second-order valence-corrected chi connectivity index (χ2v) is 9.37. The van der Waals surface area contributed by atoms with E-state index in [1.807, 2.05) is 0 Å². The van der Waals surface area contributed by atoms with Gasteiger partial charge in [-0.15, -0.1) is 0 Å². The van der Waals surface area contributed by atoms with E-state index in [9.17, 15) is 22.8 Å². The molecule has 0 spiro atoms. The number of nitrogens with zero attached hydrogens (tertiary/aromatic N) is 1. The molecule has 0 saturated carbocycles. The van der Waals surface area contributed by atoms with Crippen LogP contribution in [0.4, 0.5) is 4.79 Å². The van der Waals surface area contributed by atoms with E-state index in [4.69, 9.17) is 4.74 Å². The van der Waals surface area contributed by atoms with Gasteiger partial charge < -0.3 is 14.8 Å². The van der Waals surface area contributed by atoms with Crippen LogP contribution in [0.3, 0.4) is 0 Å². The minimum absolute atomic E-state index is 0.00187. The molecule has 0 aromatic heterocycles. The molecule has 1 aromatic carbocycles. The number of amides is 2. The summed E-state index contributed by atoms with van der Waals surface area (Å²) in [5.74, 6) is -1.24. The van der Waals surface area contributed by atoms with Gasteiger partial charge >= 0.3 is 18.0 Å². The molecule has 0 unspecified atom stereocenters. The van der Waals surface area contributed by atoms with E-state index < -0.39 is 39.9 Å². The van der Waals surface area contributed by atoms with Gasteiger partial charge in [-0.25, -0.2) is 22.8 Å². The minimum Gasteiger partial charge on any atom is -0.465 e. The predicted molar refractivity (Wildman–Crippen MR) is 107 cm³/mol. The van der Waals surface area contributed by atoms with Crippen LogP contribution in [-0.2, 0) is 24.1 Å². The van der Waals surface area contributed by atoms with Crippen molar-refractivity contribution in [3.8, 4) is 0 Å². The highest BCUT2D eigenvalue weighted by molar-refractivity contribution is 7.91. The van der Waals surface area contributed by atoms with Crippen LogP contribution in [0.15, 0.2) is 35.5 Å². The number of rotatable bonds is 5. The van der Waals surface area contributed by atoms with Crippen LogP contribution >= 0.6 is 0 Å². The van der Waals surface area contributed by atoms with E-state index in [0.29, 0.717) is 23.2 Å². The first-order chi connectivity index (χ1) is 14.2. The fourth-order valence-corrected chi connectivity index (χ4v) is 5.53. The van der Waals surface area contributed by atoms with E-state index in [1.165, 1.54) is 12.0 Å². The molecule has 2 amide bonds. The van der Waals surface area contributed by atoms with E-state index in [2.05, 4.69) is 10.1 Å². The summed E-state index contributed by atoms with van der Waals surface area (Å²) < 4.78 is 33.7. The Balaban J connectivity index is 2.02. The maximum Gasteiger partial charge on any atom is 0.338 e. The van der Waals surface area contributed by atoms with Crippen molar-refractivity contribution in [2.24, 2.45) is 0 Å². The Morgan fingerprint density at radius 3 is 2.40 bits per heavy atom. The van der Waals surface area contributed by atoms with Crippen LogP contribution in [0.5, 0.6) is 0 Å². The number of allylic oxidation sites excluding steroid dienone is 1. The Hall–Kier alpha value is -2.88. The van der Waals surface area contributed by atoms with Gasteiger partial charge in [0.2, 0.25) is 0 Å². The highest BCUT2D eigenvalue weighted by atomic mass is 32.2. The quantitative estimate of drug-likeness (QED) is 0.696. The average molecular weight is 436 g/mol. The molecule has 10 heteroatoms. The Morgan fingerprint density at radius 2 is 1.87 bits per heavy atom. The molecule has 30 heavy (non-hydrogen) atoms. The van der Waals surface area contributed by atoms with E-state index >= 15 is 0 Å². The highest BCUT2D eigenvalue weighted by Gasteiger charge is 2.42. The van der Waals surface area contributed by atoms with Gasteiger partial charge in [-0.3, -0.25) is 4.90 Å². The van der Waals surface area contributed by atoms with E-state index in [1.54, 1.807) is 38.1 Å². The summed E-state index contributed by atoms with van der Waals surface area (Å²) >= 11 is 0. The summed E-state index contributed by atoms with van der Waals surface area (Å²) in [6.07, 6.45) is 0.307. The molecule has 2 aliphatic rings. The van der Waals surface area contributed by atoms with Crippen molar-refractivity contribution in [3.63, 3.8) is 0 Å². The summed E-state index contributed by atoms with van der Waals surface area (Å²) in [5, 5.41) is 2.79. The third-order valence-electron chi connectivity index (χ3n) is 5.26. The predicted octanol–water partition coefficient (Wildman–Crippen LogP) is 1.56. The number of ether oxygens (including phenoxy) is 2. The van der Waals surface area contributed by atoms with Crippen LogP contribution < -0.4 is 5.32 Å². The van der Waals surface area contributed by atoms with Gasteiger partial charge in [0.25, 0.3) is 0 Å². The molecule has 0 radical (unpaired) electrons. The van der Waals surface area contributed by atoms with Crippen molar-refractivity contribution >= 4 is 27.8 Å². The molecule has 2 aliphatic heterocycles. The molecule has 1 fully saturated rings. The lowest BCUT2D eigenvalue weighted by Gasteiger charge is -2.38. The molecule has 9 nitrogen and oxygen atoms in total. The van der Waals surface area contributed by atoms with Crippen molar-refractivity contribution in [1.29, 1.82) is 0 Å². The molecule has 3 rings (SSSR count). The zero-order valence-electron chi connectivity index (χ0n) is 17.0. The second kappa shape index (κ2) is 8.47. The number of sulfone groups is 1. The van der Waals surface area contributed by atoms with Crippen LogP contribution in [0, 0.1) is 0 Å². The van der Waals surface area contributed by atoms with Crippen LogP contribution in [0.25, 0.3) is 0 Å². The largest absolute Gasteiger partial charge is 0.465 e. The number of methoxy groups -OCH3 is 1. The number of nitrogens with one attached hydrogen (secondary N) is 1. The molecule has 1 saturated heterocycles. The number of benzene rings is 1. The molecule has 2 heterocycles. The number of esters is 2. The molecule has 0 bridgehead atoms. The molecular formula is C20H24N2O7S. The van der Waals surface area contributed by atoms with Gasteiger partial charge in [-0.2, -0.15) is 0 Å². The monoisotopic (exact) mass is 436 g/mol.